The summed E-state index contributed by atoms with van der Waals surface area (Å²) >= 11 is 0. The highest BCUT2D eigenvalue weighted by atomic mass is 15.2. The second-order valence-electron chi connectivity index (χ2n) is 4.32. The lowest BCUT2D eigenvalue weighted by atomic mass is 10.0. The molecule has 0 spiro atoms. The summed E-state index contributed by atoms with van der Waals surface area (Å²) in [4.78, 5) is 2.50. The fraction of sp³-hybridized carbons (Fsp3) is 1.00. The normalized spacial score (nSPS) is 27.5. The van der Waals surface area contributed by atoms with Crippen molar-refractivity contribution < 1.29 is 0 Å². The first kappa shape index (κ1) is 10.0. The Morgan fingerprint density at radius 3 is 2.92 bits per heavy atom. The quantitative estimate of drug-likeness (QED) is 0.672. The van der Waals surface area contributed by atoms with E-state index < -0.39 is 0 Å². The molecular formula is C10H22N2. The van der Waals surface area contributed by atoms with E-state index in [2.05, 4.69) is 31.1 Å². The molecule has 1 fully saturated rings. The van der Waals surface area contributed by atoms with Gasteiger partial charge < -0.3 is 10.2 Å². The van der Waals surface area contributed by atoms with Gasteiger partial charge in [-0.25, -0.2) is 0 Å². The zero-order valence-electron chi connectivity index (χ0n) is 8.64. The Labute approximate surface area is 76.3 Å². The number of nitrogens with one attached hydrogen (secondary N) is 1. The van der Waals surface area contributed by atoms with E-state index in [4.69, 9.17) is 0 Å². The zero-order chi connectivity index (χ0) is 8.97. The van der Waals surface area contributed by atoms with Gasteiger partial charge in [0.05, 0.1) is 0 Å². The van der Waals surface area contributed by atoms with Gasteiger partial charge in [-0.05, 0) is 38.9 Å². The van der Waals surface area contributed by atoms with E-state index in [9.17, 15) is 0 Å². The van der Waals surface area contributed by atoms with Crippen LogP contribution >= 0.6 is 0 Å². The first-order chi connectivity index (χ1) is 5.70. The van der Waals surface area contributed by atoms with Gasteiger partial charge in [0.25, 0.3) is 0 Å². The van der Waals surface area contributed by atoms with E-state index in [1.807, 2.05) is 0 Å². The highest BCUT2D eigenvalue weighted by Crippen LogP contribution is 2.11. The van der Waals surface area contributed by atoms with Crippen LogP contribution in [-0.2, 0) is 0 Å². The molecule has 12 heavy (non-hydrogen) atoms. The van der Waals surface area contributed by atoms with E-state index >= 15 is 0 Å². The third kappa shape index (κ3) is 3.11. The van der Waals surface area contributed by atoms with E-state index in [-0.39, 0.29) is 0 Å². The van der Waals surface area contributed by atoms with Gasteiger partial charge in [-0.2, -0.15) is 0 Å². The van der Waals surface area contributed by atoms with Gasteiger partial charge in [0.2, 0.25) is 0 Å². The van der Waals surface area contributed by atoms with Gasteiger partial charge in [-0.15, -0.1) is 0 Å². The van der Waals surface area contributed by atoms with Gasteiger partial charge in [-0.3, -0.25) is 0 Å². The van der Waals surface area contributed by atoms with Crippen molar-refractivity contribution in [3.05, 3.63) is 0 Å². The summed E-state index contributed by atoms with van der Waals surface area (Å²) in [5, 5.41) is 3.49. The minimum atomic E-state index is 0.757. The SMILES string of the molecule is CC(C)CC1CNCCCN1C. The van der Waals surface area contributed by atoms with Crippen LogP contribution in [-0.4, -0.2) is 37.6 Å². The minimum Gasteiger partial charge on any atom is -0.315 e. The van der Waals surface area contributed by atoms with Crippen LogP contribution in [0.1, 0.15) is 26.7 Å². The van der Waals surface area contributed by atoms with Crippen LogP contribution in [0.15, 0.2) is 0 Å². The Balaban J connectivity index is 2.36. The summed E-state index contributed by atoms with van der Waals surface area (Å²) < 4.78 is 0. The minimum absolute atomic E-state index is 0.757. The van der Waals surface area contributed by atoms with Crippen LogP contribution in [0.25, 0.3) is 0 Å². The molecule has 1 saturated heterocycles. The predicted molar refractivity (Wildman–Crippen MR) is 53.4 cm³/mol. The third-order valence-corrected chi connectivity index (χ3v) is 2.61. The summed E-state index contributed by atoms with van der Waals surface area (Å²) in [5.74, 6) is 0.817. The standard InChI is InChI=1S/C10H22N2/c1-9(2)7-10-8-11-5-4-6-12(10)3/h9-11H,4-8H2,1-3H3. The van der Waals surface area contributed by atoms with Crippen molar-refractivity contribution in [3.63, 3.8) is 0 Å². The van der Waals surface area contributed by atoms with Crippen LogP contribution in [0.5, 0.6) is 0 Å². The maximum Gasteiger partial charge on any atom is 0.0220 e. The van der Waals surface area contributed by atoms with Crippen LogP contribution in [0.2, 0.25) is 0 Å². The summed E-state index contributed by atoms with van der Waals surface area (Å²) in [5.41, 5.74) is 0. The first-order valence-corrected chi connectivity index (χ1v) is 5.11. The molecule has 0 aromatic heterocycles. The molecule has 1 aliphatic rings. The fourth-order valence-electron chi connectivity index (χ4n) is 1.87. The molecule has 1 N–H and O–H groups in total. The molecule has 0 saturated carbocycles. The second-order valence-corrected chi connectivity index (χ2v) is 4.32. The molecular weight excluding hydrogens is 148 g/mol. The average molecular weight is 170 g/mol. The maximum absolute atomic E-state index is 3.49. The topological polar surface area (TPSA) is 15.3 Å². The Kier molecular flexibility index (Phi) is 4.02. The lowest BCUT2D eigenvalue weighted by molar-refractivity contribution is 0.227. The summed E-state index contributed by atoms with van der Waals surface area (Å²) in [7, 11) is 2.25. The van der Waals surface area contributed by atoms with Crippen molar-refractivity contribution in [2.45, 2.75) is 32.7 Å². The van der Waals surface area contributed by atoms with E-state index in [1.165, 1.54) is 32.5 Å². The maximum atomic E-state index is 3.49. The molecule has 72 valence electrons. The smallest absolute Gasteiger partial charge is 0.0220 e. The number of rotatable bonds is 2. The molecule has 0 radical (unpaired) electrons. The van der Waals surface area contributed by atoms with Crippen molar-refractivity contribution in [3.8, 4) is 0 Å². The Morgan fingerprint density at radius 1 is 1.50 bits per heavy atom. The largest absolute Gasteiger partial charge is 0.315 e. The van der Waals surface area contributed by atoms with E-state index in [0.717, 1.165) is 12.0 Å². The van der Waals surface area contributed by atoms with E-state index in [0.29, 0.717) is 0 Å². The second kappa shape index (κ2) is 4.83. The molecule has 2 nitrogen and oxygen atoms in total. The summed E-state index contributed by atoms with van der Waals surface area (Å²) in [6.45, 7) is 8.23. The molecule has 2 heteroatoms. The average Bonchev–Trinajstić information content (AvgIpc) is 2.16. The Hall–Kier alpha value is -0.0800. The number of nitrogens with zero attached hydrogens (tertiary/aromatic N) is 1. The monoisotopic (exact) mass is 170 g/mol. The number of likely N-dealkylation sites (N-methyl/N-ethyl adjacent to an activating group) is 1. The Bertz CT molecular complexity index is 123. The van der Waals surface area contributed by atoms with Gasteiger partial charge in [-0.1, -0.05) is 13.8 Å². The number of hydrogen-bond acceptors (Lipinski definition) is 2. The lowest BCUT2D eigenvalue weighted by Crippen LogP contribution is -2.37. The number of hydrogen-bond donors (Lipinski definition) is 1. The van der Waals surface area contributed by atoms with Crippen molar-refractivity contribution in [2.24, 2.45) is 5.92 Å². The fourth-order valence-corrected chi connectivity index (χ4v) is 1.87. The molecule has 1 rings (SSSR count). The van der Waals surface area contributed by atoms with Crippen LogP contribution < -0.4 is 5.32 Å². The van der Waals surface area contributed by atoms with Gasteiger partial charge >= 0.3 is 0 Å². The molecule has 0 aromatic rings. The summed E-state index contributed by atoms with van der Waals surface area (Å²) in [6, 6.07) is 0.757. The molecule has 1 aliphatic heterocycles. The molecule has 0 amide bonds. The molecule has 0 bridgehead atoms. The van der Waals surface area contributed by atoms with E-state index in [1.54, 1.807) is 0 Å². The first-order valence-electron chi connectivity index (χ1n) is 5.11. The van der Waals surface area contributed by atoms with Gasteiger partial charge in [0.1, 0.15) is 0 Å². The lowest BCUT2D eigenvalue weighted by Gasteiger charge is -2.26. The summed E-state index contributed by atoms with van der Waals surface area (Å²) in [6.07, 6.45) is 2.62. The molecule has 1 unspecified atom stereocenters. The van der Waals surface area contributed by atoms with Crippen molar-refractivity contribution in [2.75, 3.05) is 26.7 Å². The highest BCUT2D eigenvalue weighted by Gasteiger charge is 2.17. The van der Waals surface area contributed by atoms with Crippen LogP contribution in [0, 0.1) is 5.92 Å². The molecule has 1 atom stereocenters. The molecule has 1 heterocycles. The Morgan fingerprint density at radius 2 is 2.25 bits per heavy atom. The van der Waals surface area contributed by atoms with Crippen molar-refractivity contribution >= 4 is 0 Å². The van der Waals surface area contributed by atoms with Crippen molar-refractivity contribution in [1.29, 1.82) is 0 Å². The van der Waals surface area contributed by atoms with Gasteiger partial charge in [0.15, 0.2) is 0 Å². The third-order valence-electron chi connectivity index (χ3n) is 2.61. The molecule has 0 aliphatic carbocycles. The van der Waals surface area contributed by atoms with Gasteiger partial charge in [0, 0.05) is 12.6 Å². The zero-order valence-corrected chi connectivity index (χ0v) is 8.64. The molecule has 0 aromatic carbocycles. The highest BCUT2D eigenvalue weighted by molar-refractivity contribution is 4.76. The van der Waals surface area contributed by atoms with Crippen molar-refractivity contribution in [1.82, 2.24) is 10.2 Å². The van der Waals surface area contributed by atoms with Crippen LogP contribution in [0.3, 0.4) is 0 Å². The predicted octanol–water partition coefficient (Wildman–Crippen LogP) is 1.33. The van der Waals surface area contributed by atoms with Crippen LogP contribution in [0.4, 0.5) is 0 Å².